The average Bonchev–Trinajstić information content (AvgIpc) is 2.53. The van der Waals surface area contributed by atoms with Gasteiger partial charge in [-0.05, 0) is 35.9 Å². The average molecular weight is 267 g/mol. The van der Waals surface area contributed by atoms with E-state index in [0.717, 1.165) is 5.56 Å². The van der Waals surface area contributed by atoms with Crippen molar-refractivity contribution < 1.29 is 14.3 Å². The van der Waals surface area contributed by atoms with Crippen molar-refractivity contribution in [3.63, 3.8) is 0 Å². The van der Waals surface area contributed by atoms with Crippen molar-refractivity contribution in [2.24, 2.45) is 0 Å². The Morgan fingerprint density at radius 1 is 1.20 bits per heavy atom. The third kappa shape index (κ3) is 3.36. The molecule has 0 saturated carbocycles. The smallest absolute Gasteiger partial charge is 0.337 e. The van der Waals surface area contributed by atoms with Gasteiger partial charge in [0.2, 0.25) is 0 Å². The van der Waals surface area contributed by atoms with Crippen LogP contribution in [0.3, 0.4) is 0 Å². The quantitative estimate of drug-likeness (QED) is 0.799. The topological polar surface area (TPSA) is 59.3 Å². The van der Waals surface area contributed by atoms with Crippen LogP contribution in [-0.2, 0) is 11.3 Å². The molecule has 20 heavy (non-hydrogen) atoms. The molecule has 0 aliphatic carbocycles. The predicted octanol–water partition coefficient (Wildman–Crippen LogP) is 2.92. The van der Waals surface area contributed by atoms with E-state index in [1.807, 2.05) is 0 Å². The Bertz CT molecular complexity index is 642. The Balaban J connectivity index is 2.00. The first-order valence-electron chi connectivity index (χ1n) is 6.03. The number of esters is 1. The van der Waals surface area contributed by atoms with Crippen LogP contribution in [0.1, 0.15) is 21.5 Å². The van der Waals surface area contributed by atoms with E-state index in [1.165, 1.54) is 7.11 Å². The summed E-state index contributed by atoms with van der Waals surface area (Å²) in [5.41, 5.74) is 1.99. The van der Waals surface area contributed by atoms with E-state index in [2.05, 4.69) is 10.8 Å². The van der Waals surface area contributed by atoms with E-state index in [9.17, 15) is 4.79 Å². The van der Waals surface area contributed by atoms with Crippen LogP contribution in [0.15, 0.2) is 48.5 Å². The number of nitriles is 1. The van der Waals surface area contributed by atoms with Gasteiger partial charge in [0.25, 0.3) is 0 Å². The third-order valence-corrected chi connectivity index (χ3v) is 2.74. The molecule has 0 aromatic heterocycles. The van der Waals surface area contributed by atoms with E-state index in [0.29, 0.717) is 23.5 Å². The molecule has 2 rings (SSSR count). The lowest BCUT2D eigenvalue weighted by Crippen LogP contribution is -2.02. The zero-order valence-electron chi connectivity index (χ0n) is 11.0. The highest BCUT2D eigenvalue weighted by atomic mass is 16.5. The summed E-state index contributed by atoms with van der Waals surface area (Å²) in [6.45, 7) is 0.371. The first-order chi connectivity index (χ1) is 9.72. The Hall–Kier alpha value is -2.80. The number of carbonyl (C=O) groups excluding carboxylic acids is 1. The molecule has 0 bridgehead atoms. The van der Waals surface area contributed by atoms with Crippen molar-refractivity contribution in [3.8, 4) is 11.8 Å². The minimum absolute atomic E-state index is 0.362. The fourth-order valence-corrected chi connectivity index (χ4v) is 1.68. The number of hydrogen-bond donors (Lipinski definition) is 0. The van der Waals surface area contributed by atoms with Gasteiger partial charge < -0.3 is 9.47 Å². The second-order valence-corrected chi connectivity index (χ2v) is 4.12. The van der Waals surface area contributed by atoms with Crippen molar-refractivity contribution in [1.82, 2.24) is 0 Å². The molecule has 0 amide bonds. The number of carbonyl (C=O) groups is 1. The fourth-order valence-electron chi connectivity index (χ4n) is 1.68. The number of ether oxygens (including phenoxy) is 2. The minimum Gasteiger partial charge on any atom is -0.489 e. The van der Waals surface area contributed by atoms with Crippen LogP contribution >= 0.6 is 0 Å². The van der Waals surface area contributed by atoms with Crippen molar-refractivity contribution in [2.75, 3.05) is 7.11 Å². The van der Waals surface area contributed by atoms with Gasteiger partial charge in [-0.15, -0.1) is 0 Å². The lowest BCUT2D eigenvalue weighted by atomic mass is 10.1. The molecular formula is C16H13NO3. The molecule has 0 aliphatic rings. The summed E-state index contributed by atoms with van der Waals surface area (Å²) in [7, 11) is 1.35. The Kier molecular flexibility index (Phi) is 4.35. The van der Waals surface area contributed by atoms with Crippen LogP contribution < -0.4 is 4.74 Å². The molecule has 0 heterocycles. The van der Waals surface area contributed by atoms with Crippen molar-refractivity contribution in [2.45, 2.75) is 6.61 Å². The van der Waals surface area contributed by atoms with Gasteiger partial charge in [0.15, 0.2) is 0 Å². The number of benzene rings is 2. The number of nitrogens with zero attached hydrogens (tertiary/aromatic N) is 1. The maximum absolute atomic E-state index is 11.3. The maximum Gasteiger partial charge on any atom is 0.337 e. The van der Waals surface area contributed by atoms with Gasteiger partial charge >= 0.3 is 5.97 Å². The predicted molar refractivity (Wildman–Crippen MR) is 73.3 cm³/mol. The van der Waals surface area contributed by atoms with Crippen molar-refractivity contribution >= 4 is 5.97 Å². The molecule has 4 heteroatoms. The van der Waals surface area contributed by atoms with E-state index in [1.54, 1.807) is 48.5 Å². The SMILES string of the molecule is COC(=O)c1ccc(COc2cccc(C#N)c2)cc1. The molecule has 0 atom stereocenters. The van der Waals surface area contributed by atoms with Crippen LogP contribution in [0.5, 0.6) is 5.75 Å². The zero-order chi connectivity index (χ0) is 14.4. The lowest BCUT2D eigenvalue weighted by Gasteiger charge is -2.07. The number of hydrogen-bond acceptors (Lipinski definition) is 4. The second kappa shape index (κ2) is 6.39. The van der Waals surface area contributed by atoms with E-state index in [4.69, 9.17) is 10.00 Å². The molecule has 0 N–H and O–H groups in total. The molecule has 0 fully saturated rings. The summed E-state index contributed by atoms with van der Waals surface area (Å²) >= 11 is 0. The van der Waals surface area contributed by atoms with Gasteiger partial charge in [0.1, 0.15) is 12.4 Å². The van der Waals surface area contributed by atoms with Gasteiger partial charge in [0, 0.05) is 0 Å². The summed E-state index contributed by atoms with van der Waals surface area (Å²) in [6, 6.07) is 16.0. The highest BCUT2D eigenvalue weighted by Crippen LogP contribution is 2.15. The van der Waals surface area contributed by atoms with Crippen molar-refractivity contribution in [1.29, 1.82) is 5.26 Å². The number of methoxy groups -OCH3 is 1. The molecule has 100 valence electrons. The largest absolute Gasteiger partial charge is 0.489 e. The Labute approximate surface area is 117 Å². The molecule has 0 radical (unpaired) electrons. The molecule has 2 aromatic rings. The zero-order valence-corrected chi connectivity index (χ0v) is 11.0. The molecule has 0 saturated heterocycles. The van der Waals surface area contributed by atoms with Crippen LogP contribution in [-0.4, -0.2) is 13.1 Å². The summed E-state index contributed by atoms with van der Waals surface area (Å²) in [5, 5.41) is 8.80. The van der Waals surface area contributed by atoms with E-state index >= 15 is 0 Å². The summed E-state index contributed by atoms with van der Waals surface area (Å²) in [5.74, 6) is 0.278. The van der Waals surface area contributed by atoms with E-state index < -0.39 is 0 Å². The third-order valence-electron chi connectivity index (χ3n) is 2.74. The molecular weight excluding hydrogens is 254 g/mol. The second-order valence-electron chi connectivity index (χ2n) is 4.12. The standard InChI is InChI=1S/C16H13NO3/c1-19-16(18)14-7-5-12(6-8-14)11-20-15-4-2-3-13(9-15)10-17/h2-9H,11H2,1H3. The highest BCUT2D eigenvalue weighted by Gasteiger charge is 2.04. The van der Waals surface area contributed by atoms with E-state index in [-0.39, 0.29) is 5.97 Å². The normalized spacial score (nSPS) is 9.60. The van der Waals surface area contributed by atoms with Gasteiger partial charge in [-0.1, -0.05) is 18.2 Å². The summed E-state index contributed by atoms with van der Waals surface area (Å²) in [4.78, 5) is 11.3. The molecule has 2 aromatic carbocycles. The monoisotopic (exact) mass is 267 g/mol. The Morgan fingerprint density at radius 3 is 2.60 bits per heavy atom. The van der Waals surface area contributed by atoms with Crippen LogP contribution in [0, 0.1) is 11.3 Å². The number of rotatable bonds is 4. The van der Waals surface area contributed by atoms with Gasteiger partial charge in [0.05, 0.1) is 24.3 Å². The first kappa shape index (κ1) is 13.6. The van der Waals surface area contributed by atoms with Gasteiger partial charge in [-0.2, -0.15) is 5.26 Å². The summed E-state index contributed by atoms with van der Waals surface area (Å²) in [6.07, 6.45) is 0. The van der Waals surface area contributed by atoms with Crippen LogP contribution in [0.25, 0.3) is 0 Å². The lowest BCUT2D eigenvalue weighted by molar-refractivity contribution is 0.0600. The van der Waals surface area contributed by atoms with Crippen molar-refractivity contribution in [3.05, 3.63) is 65.2 Å². The maximum atomic E-state index is 11.3. The van der Waals surface area contributed by atoms with Gasteiger partial charge in [-0.3, -0.25) is 0 Å². The van der Waals surface area contributed by atoms with Gasteiger partial charge in [-0.25, -0.2) is 4.79 Å². The minimum atomic E-state index is -0.362. The van der Waals surface area contributed by atoms with Crippen LogP contribution in [0.4, 0.5) is 0 Å². The first-order valence-corrected chi connectivity index (χ1v) is 6.03. The molecule has 0 aliphatic heterocycles. The van der Waals surface area contributed by atoms with Crippen LogP contribution in [0.2, 0.25) is 0 Å². The Morgan fingerprint density at radius 2 is 1.95 bits per heavy atom. The molecule has 4 nitrogen and oxygen atoms in total. The summed E-state index contributed by atoms with van der Waals surface area (Å²) < 4.78 is 10.2. The molecule has 0 spiro atoms. The highest BCUT2D eigenvalue weighted by molar-refractivity contribution is 5.89. The molecule has 0 unspecified atom stereocenters. The fraction of sp³-hybridized carbons (Fsp3) is 0.125.